The molecule has 0 spiro atoms. The number of aliphatic hydroxyl groups excluding tert-OH is 5. The van der Waals surface area contributed by atoms with Crippen LogP contribution in [0.5, 0.6) is 0 Å². The van der Waals surface area contributed by atoms with Gasteiger partial charge >= 0.3 is 0 Å². The van der Waals surface area contributed by atoms with Crippen LogP contribution in [-0.2, 0) is 6.42 Å². The number of allylic oxidation sites excluding steroid dienone is 2. The second-order valence-electron chi connectivity index (χ2n) is 8.09. The minimum Gasteiger partial charge on any atom is -0.394 e. The molecule has 0 aromatic carbocycles. The van der Waals surface area contributed by atoms with Gasteiger partial charge in [0, 0.05) is 22.1 Å². The lowest BCUT2D eigenvalue weighted by Crippen LogP contribution is -2.20. The first-order valence-electron chi connectivity index (χ1n) is 10.6. The topological polar surface area (TPSA) is 101 Å². The minimum atomic E-state index is -0.653. The van der Waals surface area contributed by atoms with Gasteiger partial charge < -0.3 is 25.5 Å². The Morgan fingerprint density at radius 1 is 1.14 bits per heavy atom. The second kappa shape index (κ2) is 12.6. The molecule has 6 heteroatoms. The molecule has 164 valence electrons. The molecule has 1 aromatic heterocycles. The molecule has 6 atom stereocenters. The average molecular weight is 425 g/mol. The van der Waals surface area contributed by atoms with Crippen LogP contribution in [-0.4, -0.2) is 56.6 Å². The van der Waals surface area contributed by atoms with Crippen molar-refractivity contribution < 1.29 is 25.5 Å². The van der Waals surface area contributed by atoms with Gasteiger partial charge in [-0.25, -0.2) is 0 Å². The van der Waals surface area contributed by atoms with E-state index in [1.807, 2.05) is 18.2 Å². The highest BCUT2D eigenvalue weighted by atomic mass is 32.1. The van der Waals surface area contributed by atoms with Gasteiger partial charge in [0.15, 0.2) is 0 Å². The Labute approximate surface area is 178 Å². The van der Waals surface area contributed by atoms with Crippen molar-refractivity contribution in [2.45, 2.75) is 76.3 Å². The standard InChI is InChI=1S/C23H36O5S/c1-16-8-11-19(29-16)12-9-17(25)10-13-21-20(22(27)14-23(21)28)7-5-3-2-4-6-18(26)15-24/h3,5,8,10-11,13,17-18,20-28H,2,4,6-7,9,12,14-15H2,1H3/b5-3-,13-10+/t17-,18?,20+,21+,22-,23+/m0/s1. The van der Waals surface area contributed by atoms with Crippen LogP contribution in [0.4, 0.5) is 0 Å². The average Bonchev–Trinajstić information content (AvgIpc) is 3.23. The molecular weight excluding hydrogens is 388 g/mol. The number of unbranched alkanes of at least 4 members (excludes halogenated alkanes) is 1. The Balaban J connectivity index is 1.79. The summed E-state index contributed by atoms with van der Waals surface area (Å²) in [4.78, 5) is 2.54. The van der Waals surface area contributed by atoms with Gasteiger partial charge in [0.25, 0.3) is 0 Å². The maximum atomic E-state index is 10.3. The fourth-order valence-electron chi connectivity index (χ4n) is 3.90. The van der Waals surface area contributed by atoms with Crippen LogP contribution >= 0.6 is 11.3 Å². The Morgan fingerprint density at radius 3 is 2.62 bits per heavy atom. The van der Waals surface area contributed by atoms with E-state index in [-0.39, 0.29) is 18.4 Å². The van der Waals surface area contributed by atoms with Crippen LogP contribution in [0.1, 0.15) is 48.3 Å². The normalized spacial score (nSPS) is 27.2. The van der Waals surface area contributed by atoms with E-state index >= 15 is 0 Å². The third-order valence-electron chi connectivity index (χ3n) is 5.65. The maximum absolute atomic E-state index is 10.3. The third-order valence-corrected chi connectivity index (χ3v) is 6.71. The summed E-state index contributed by atoms with van der Waals surface area (Å²) in [5, 5.41) is 49.0. The number of aliphatic hydroxyl groups is 5. The molecule has 0 bridgehead atoms. The first kappa shape index (κ1) is 24.3. The van der Waals surface area contributed by atoms with Gasteiger partial charge in [-0.3, -0.25) is 0 Å². The fourth-order valence-corrected chi connectivity index (χ4v) is 4.81. The molecule has 29 heavy (non-hydrogen) atoms. The van der Waals surface area contributed by atoms with Crippen LogP contribution in [0.3, 0.4) is 0 Å². The van der Waals surface area contributed by atoms with Crippen molar-refractivity contribution in [2.75, 3.05) is 6.61 Å². The highest BCUT2D eigenvalue weighted by Gasteiger charge is 2.39. The largest absolute Gasteiger partial charge is 0.394 e. The van der Waals surface area contributed by atoms with Crippen molar-refractivity contribution >= 4 is 11.3 Å². The van der Waals surface area contributed by atoms with E-state index in [1.165, 1.54) is 9.75 Å². The Hall–Kier alpha value is -1.02. The first-order valence-corrected chi connectivity index (χ1v) is 11.4. The monoisotopic (exact) mass is 424 g/mol. The molecule has 1 aromatic rings. The quantitative estimate of drug-likeness (QED) is 0.262. The molecule has 0 aliphatic heterocycles. The maximum Gasteiger partial charge on any atom is 0.0771 e. The lowest BCUT2D eigenvalue weighted by atomic mass is 9.89. The third kappa shape index (κ3) is 8.32. The molecule has 0 radical (unpaired) electrons. The first-order chi connectivity index (χ1) is 13.9. The zero-order chi connectivity index (χ0) is 21.2. The smallest absolute Gasteiger partial charge is 0.0771 e. The highest BCUT2D eigenvalue weighted by molar-refractivity contribution is 7.11. The van der Waals surface area contributed by atoms with E-state index in [4.69, 9.17) is 5.11 Å². The number of rotatable bonds is 12. The van der Waals surface area contributed by atoms with Gasteiger partial charge in [0.1, 0.15) is 0 Å². The molecule has 0 saturated heterocycles. The predicted molar refractivity (Wildman–Crippen MR) is 117 cm³/mol. The summed E-state index contributed by atoms with van der Waals surface area (Å²) in [5.41, 5.74) is 0. The van der Waals surface area contributed by atoms with E-state index in [1.54, 1.807) is 17.4 Å². The van der Waals surface area contributed by atoms with Crippen LogP contribution < -0.4 is 0 Å². The predicted octanol–water partition coefficient (Wildman–Crippen LogP) is 2.73. The SMILES string of the molecule is Cc1ccc(CC[C@H](O)/C=C/[C@@H]2[C@@H](C/C=C\CCCC(O)CO)[C@@H](O)C[C@H]2O)s1. The van der Waals surface area contributed by atoms with Crippen molar-refractivity contribution in [1.29, 1.82) is 0 Å². The Kier molecular flexibility index (Phi) is 10.6. The lowest BCUT2D eigenvalue weighted by molar-refractivity contribution is 0.0868. The van der Waals surface area contributed by atoms with Crippen molar-refractivity contribution in [2.24, 2.45) is 11.8 Å². The highest BCUT2D eigenvalue weighted by Crippen LogP contribution is 2.36. The molecule has 1 fully saturated rings. The number of hydrogen-bond donors (Lipinski definition) is 5. The van der Waals surface area contributed by atoms with E-state index < -0.39 is 24.4 Å². The minimum absolute atomic E-state index is 0.0623. The zero-order valence-electron chi connectivity index (χ0n) is 17.2. The summed E-state index contributed by atoms with van der Waals surface area (Å²) in [6.45, 7) is 1.87. The van der Waals surface area contributed by atoms with E-state index in [0.29, 0.717) is 25.7 Å². The fraction of sp³-hybridized carbons (Fsp3) is 0.652. The van der Waals surface area contributed by atoms with Gasteiger partial charge in [-0.1, -0.05) is 24.3 Å². The van der Waals surface area contributed by atoms with Crippen LogP contribution in [0.15, 0.2) is 36.4 Å². The summed E-state index contributed by atoms with van der Waals surface area (Å²) < 4.78 is 0. The molecule has 1 heterocycles. The van der Waals surface area contributed by atoms with Crippen LogP contribution in [0.2, 0.25) is 0 Å². The molecule has 0 amide bonds. The number of aryl methyl sites for hydroxylation is 2. The van der Waals surface area contributed by atoms with Gasteiger partial charge in [-0.05, 0) is 63.5 Å². The van der Waals surface area contributed by atoms with Crippen molar-refractivity contribution in [3.63, 3.8) is 0 Å². The second-order valence-corrected chi connectivity index (χ2v) is 9.46. The molecular formula is C23H36O5S. The van der Waals surface area contributed by atoms with Crippen molar-refractivity contribution in [3.05, 3.63) is 46.2 Å². The summed E-state index contributed by atoms with van der Waals surface area (Å²) in [7, 11) is 0. The van der Waals surface area contributed by atoms with Gasteiger partial charge in [-0.15, -0.1) is 11.3 Å². The summed E-state index contributed by atoms with van der Waals surface area (Å²) in [5.74, 6) is -0.225. The van der Waals surface area contributed by atoms with Crippen molar-refractivity contribution in [3.8, 4) is 0 Å². The molecule has 5 nitrogen and oxygen atoms in total. The van der Waals surface area contributed by atoms with E-state index in [2.05, 4.69) is 19.1 Å². The lowest BCUT2D eigenvalue weighted by Gasteiger charge is -2.19. The summed E-state index contributed by atoms with van der Waals surface area (Å²) in [6, 6.07) is 4.19. The van der Waals surface area contributed by atoms with Crippen LogP contribution in [0.25, 0.3) is 0 Å². The molecule has 1 aliphatic rings. The molecule has 1 saturated carbocycles. The van der Waals surface area contributed by atoms with E-state index in [9.17, 15) is 20.4 Å². The number of thiophene rings is 1. The molecule has 2 rings (SSSR count). The van der Waals surface area contributed by atoms with E-state index in [0.717, 1.165) is 19.3 Å². The Morgan fingerprint density at radius 2 is 1.93 bits per heavy atom. The van der Waals surface area contributed by atoms with Gasteiger partial charge in [0.2, 0.25) is 0 Å². The molecule has 5 N–H and O–H groups in total. The summed E-state index contributed by atoms with van der Waals surface area (Å²) in [6.07, 6.45) is 10.0. The Bertz CT molecular complexity index is 641. The number of hydrogen-bond acceptors (Lipinski definition) is 6. The molecule has 1 aliphatic carbocycles. The van der Waals surface area contributed by atoms with Gasteiger partial charge in [-0.2, -0.15) is 0 Å². The van der Waals surface area contributed by atoms with Gasteiger partial charge in [0.05, 0.1) is 31.0 Å². The summed E-state index contributed by atoms with van der Waals surface area (Å²) >= 11 is 1.75. The van der Waals surface area contributed by atoms with Crippen LogP contribution in [0, 0.1) is 18.8 Å². The molecule has 1 unspecified atom stereocenters. The van der Waals surface area contributed by atoms with Crippen molar-refractivity contribution in [1.82, 2.24) is 0 Å². The zero-order valence-corrected chi connectivity index (χ0v) is 18.0.